The highest BCUT2D eigenvalue weighted by molar-refractivity contribution is 7.98. The maximum Gasteiger partial charge on any atom is 0.262 e. The first kappa shape index (κ1) is 17.8. The van der Waals surface area contributed by atoms with Gasteiger partial charge in [0.25, 0.3) is 5.91 Å². The Balaban J connectivity index is 1.57. The molecule has 0 atom stereocenters. The van der Waals surface area contributed by atoms with Crippen LogP contribution >= 0.6 is 11.8 Å². The lowest BCUT2D eigenvalue weighted by Gasteiger charge is -2.11. The average molecular weight is 366 g/mol. The van der Waals surface area contributed by atoms with Gasteiger partial charge in [-0.2, -0.15) is 0 Å². The Morgan fingerprint density at radius 1 is 1.04 bits per heavy atom. The number of carbonyl (C=O) groups is 1. The number of amides is 1. The van der Waals surface area contributed by atoms with Gasteiger partial charge in [0.15, 0.2) is 6.61 Å². The number of ether oxygens (including phenoxy) is 2. The summed E-state index contributed by atoms with van der Waals surface area (Å²) in [6.07, 6.45) is 3.63. The van der Waals surface area contributed by atoms with E-state index < -0.39 is 0 Å². The molecular weight excluding hydrogens is 348 g/mol. The van der Waals surface area contributed by atoms with Crippen LogP contribution in [0.15, 0.2) is 77.8 Å². The quantitative estimate of drug-likeness (QED) is 0.619. The average Bonchev–Trinajstić information content (AvgIpc) is 2.68. The fourth-order valence-corrected chi connectivity index (χ4v) is 2.79. The summed E-state index contributed by atoms with van der Waals surface area (Å²) in [4.78, 5) is 17.3. The minimum atomic E-state index is -0.220. The van der Waals surface area contributed by atoms with Gasteiger partial charge >= 0.3 is 0 Å². The summed E-state index contributed by atoms with van der Waals surface area (Å²) in [5.41, 5.74) is 0.779. The molecule has 0 fully saturated rings. The number of aromatic nitrogens is 1. The number of carbonyl (C=O) groups excluding carboxylic acids is 1. The molecule has 0 aliphatic carbocycles. The Morgan fingerprint density at radius 3 is 2.65 bits per heavy atom. The Kier molecular flexibility index (Phi) is 6.11. The summed E-state index contributed by atoms with van der Waals surface area (Å²) in [5.74, 6) is 1.42. The van der Waals surface area contributed by atoms with Gasteiger partial charge in [-0.3, -0.25) is 4.79 Å². The monoisotopic (exact) mass is 366 g/mol. The first-order chi connectivity index (χ1) is 12.7. The zero-order valence-corrected chi connectivity index (χ0v) is 15.0. The third-order valence-electron chi connectivity index (χ3n) is 3.42. The summed E-state index contributed by atoms with van der Waals surface area (Å²) in [7, 11) is 0. The molecule has 1 amide bonds. The van der Waals surface area contributed by atoms with Gasteiger partial charge in [-0.15, -0.1) is 11.8 Å². The zero-order chi connectivity index (χ0) is 18.2. The molecule has 0 spiro atoms. The van der Waals surface area contributed by atoms with E-state index in [0.717, 1.165) is 10.6 Å². The summed E-state index contributed by atoms with van der Waals surface area (Å²) >= 11 is 1.58. The Morgan fingerprint density at radius 2 is 1.85 bits per heavy atom. The van der Waals surface area contributed by atoms with Crippen LogP contribution in [-0.4, -0.2) is 23.8 Å². The number of benzene rings is 2. The van der Waals surface area contributed by atoms with Crippen molar-refractivity contribution in [2.24, 2.45) is 0 Å². The van der Waals surface area contributed by atoms with Crippen LogP contribution in [0.3, 0.4) is 0 Å². The van der Waals surface area contributed by atoms with Crippen LogP contribution in [0, 0.1) is 0 Å². The summed E-state index contributed by atoms with van der Waals surface area (Å²) < 4.78 is 11.2. The van der Waals surface area contributed by atoms with Crippen LogP contribution in [-0.2, 0) is 4.79 Å². The fourth-order valence-electron chi connectivity index (χ4n) is 2.24. The van der Waals surface area contributed by atoms with Gasteiger partial charge in [0.2, 0.25) is 5.88 Å². The lowest BCUT2D eigenvalue weighted by Crippen LogP contribution is -2.20. The molecule has 0 aliphatic rings. The fraction of sp³-hybridized carbons (Fsp3) is 0.100. The van der Waals surface area contributed by atoms with Gasteiger partial charge in [-0.1, -0.05) is 24.3 Å². The van der Waals surface area contributed by atoms with Crippen LogP contribution < -0.4 is 14.8 Å². The molecule has 1 heterocycles. The third kappa shape index (κ3) is 5.00. The first-order valence-electron chi connectivity index (χ1n) is 7.99. The van der Waals surface area contributed by atoms with Gasteiger partial charge < -0.3 is 14.8 Å². The van der Waals surface area contributed by atoms with E-state index in [4.69, 9.17) is 9.47 Å². The van der Waals surface area contributed by atoms with Gasteiger partial charge in [-0.25, -0.2) is 4.98 Å². The van der Waals surface area contributed by atoms with Crippen molar-refractivity contribution in [3.05, 3.63) is 72.9 Å². The molecule has 1 N–H and O–H groups in total. The Hall–Kier alpha value is -2.99. The predicted octanol–water partition coefficient (Wildman–Crippen LogP) is 4.61. The van der Waals surface area contributed by atoms with Crippen molar-refractivity contribution < 1.29 is 14.3 Å². The zero-order valence-electron chi connectivity index (χ0n) is 14.2. The lowest BCUT2D eigenvalue weighted by molar-refractivity contribution is -0.118. The molecule has 0 radical (unpaired) electrons. The minimum Gasteiger partial charge on any atom is -0.484 e. The van der Waals surface area contributed by atoms with Crippen LogP contribution in [0.4, 0.5) is 5.69 Å². The van der Waals surface area contributed by atoms with Crippen molar-refractivity contribution in [1.29, 1.82) is 0 Å². The second-order valence-corrected chi connectivity index (χ2v) is 6.13. The van der Waals surface area contributed by atoms with E-state index in [9.17, 15) is 4.79 Å². The molecule has 2 aromatic carbocycles. The van der Waals surface area contributed by atoms with Crippen LogP contribution in [0.2, 0.25) is 0 Å². The van der Waals surface area contributed by atoms with Gasteiger partial charge in [0.05, 0.1) is 5.69 Å². The van der Waals surface area contributed by atoms with Crippen LogP contribution in [0.1, 0.15) is 0 Å². The van der Waals surface area contributed by atoms with Crippen molar-refractivity contribution in [1.82, 2.24) is 4.98 Å². The van der Waals surface area contributed by atoms with Gasteiger partial charge in [-0.05, 0) is 36.6 Å². The van der Waals surface area contributed by atoms with Crippen LogP contribution in [0.25, 0.3) is 0 Å². The molecule has 0 saturated heterocycles. The van der Waals surface area contributed by atoms with E-state index in [-0.39, 0.29) is 12.5 Å². The van der Waals surface area contributed by atoms with Crippen molar-refractivity contribution in [3.63, 3.8) is 0 Å². The molecule has 0 aliphatic heterocycles. The summed E-state index contributed by atoms with van der Waals surface area (Å²) in [6.45, 7) is -0.0875. The molecule has 26 heavy (non-hydrogen) atoms. The molecule has 1 aromatic heterocycles. The molecule has 0 bridgehead atoms. The molecule has 0 unspecified atom stereocenters. The van der Waals surface area contributed by atoms with E-state index in [1.165, 1.54) is 0 Å². The second-order valence-electron chi connectivity index (χ2n) is 5.28. The lowest BCUT2D eigenvalue weighted by atomic mass is 10.3. The van der Waals surface area contributed by atoms with E-state index in [1.54, 1.807) is 48.3 Å². The third-order valence-corrected chi connectivity index (χ3v) is 4.21. The molecule has 5 nitrogen and oxygen atoms in total. The molecule has 132 valence electrons. The summed E-state index contributed by atoms with van der Waals surface area (Å²) in [5, 5.41) is 2.86. The number of para-hydroxylation sites is 1. The van der Waals surface area contributed by atoms with Crippen molar-refractivity contribution in [2.75, 3.05) is 18.2 Å². The van der Waals surface area contributed by atoms with E-state index in [1.807, 2.05) is 42.7 Å². The van der Waals surface area contributed by atoms with E-state index in [2.05, 4.69) is 10.3 Å². The number of thioether (sulfide) groups is 1. The minimum absolute atomic E-state index is 0.0875. The number of rotatable bonds is 7. The molecule has 3 aromatic rings. The Bertz CT molecular complexity index is 872. The first-order valence-corrected chi connectivity index (χ1v) is 9.22. The van der Waals surface area contributed by atoms with E-state index in [0.29, 0.717) is 17.4 Å². The number of nitrogens with one attached hydrogen (secondary N) is 1. The predicted molar refractivity (Wildman–Crippen MR) is 103 cm³/mol. The summed E-state index contributed by atoms with van der Waals surface area (Å²) in [6, 6.07) is 20.2. The normalized spacial score (nSPS) is 10.2. The van der Waals surface area contributed by atoms with Crippen LogP contribution in [0.5, 0.6) is 17.4 Å². The topological polar surface area (TPSA) is 60.5 Å². The number of anilines is 1. The number of hydrogen-bond donors (Lipinski definition) is 1. The second kappa shape index (κ2) is 8.92. The molecule has 0 saturated carbocycles. The SMILES string of the molecule is CSc1ccccc1NC(=O)COc1cccc(Oc2ccccn2)c1. The maximum atomic E-state index is 12.1. The number of nitrogens with zero attached hydrogens (tertiary/aromatic N) is 1. The maximum absolute atomic E-state index is 12.1. The molecular formula is C20H18N2O3S. The highest BCUT2D eigenvalue weighted by Gasteiger charge is 2.08. The largest absolute Gasteiger partial charge is 0.484 e. The van der Waals surface area contributed by atoms with E-state index >= 15 is 0 Å². The van der Waals surface area contributed by atoms with Gasteiger partial charge in [0.1, 0.15) is 11.5 Å². The molecule has 6 heteroatoms. The Labute approximate surface area is 156 Å². The van der Waals surface area contributed by atoms with Crippen molar-refractivity contribution in [2.45, 2.75) is 4.90 Å². The smallest absolute Gasteiger partial charge is 0.262 e. The highest BCUT2D eigenvalue weighted by Crippen LogP contribution is 2.25. The van der Waals surface area contributed by atoms with Crippen molar-refractivity contribution >= 4 is 23.4 Å². The highest BCUT2D eigenvalue weighted by atomic mass is 32.2. The standard InChI is InChI=1S/C20H18N2O3S/c1-26-18-10-3-2-9-17(18)22-19(23)14-24-15-7-6-8-16(13-15)25-20-11-4-5-12-21-20/h2-13H,14H2,1H3,(H,22,23). The van der Waals surface area contributed by atoms with Crippen molar-refractivity contribution in [3.8, 4) is 17.4 Å². The van der Waals surface area contributed by atoms with Gasteiger partial charge in [0, 0.05) is 23.2 Å². The number of pyridine rings is 1. The number of hydrogen-bond acceptors (Lipinski definition) is 5. The molecule has 3 rings (SSSR count).